The number of benzene rings is 1. The maximum atomic E-state index is 12.6. The maximum absolute atomic E-state index is 12.6. The number of nitrogens with zero attached hydrogens (tertiary/aromatic N) is 4. The molecule has 0 spiro atoms. The van der Waals surface area contributed by atoms with Crippen LogP contribution in [0.4, 0.5) is 11.5 Å². The van der Waals surface area contributed by atoms with Gasteiger partial charge in [-0.1, -0.05) is 29.3 Å². The van der Waals surface area contributed by atoms with Crippen LogP contribution in [-0.4, -0.2) is 34.0 Å². The van der Waals surface area contributed by atoms with Gasteiger partial charge in [-0.3, -0.25) is 19.3 Å². The number of rotatable bonds is 5. The van der Waals surface area contributed by atoms with Gasteiger partial charge in [-0.25, -0.2) is 4.98 Å². The number of nitro groups is 1. The fourth-order valence-electron chi connectivity index (χ4n) is 3.59. The zero-order chi connectivity index (χ0) is 21.3. The van der Waals surface area contributed by atoms with Crippen molar-refractivity contribution >= 4 is 40.4 Å². The summed E-state index contributed by atoms with van der Waals surface area (Å²) >= 11 is 12.0. The smallest absolute Gasteiger partial charge is 0.376 e. The minimum Gasteiger partial charge on any atom is -0.493 e. The topological polar surface area (TPSA) is 90.0 Å². The van der Waals surface area contributed by atoms with Crippen LogP contribution in [0.25, 0.3) is 5.65 Å². The molecule has 30 heavy (non-hydrogen) atoms. The molecule has 0 N–H and O–H groups in total. The molecule has 3 aromatic rings. The summed E-state index contributed by atoms with van der Waals surface area (Å²) in [6, 6.07) is 10.1. The third-order valence-electron chi connectivity index (χ3n) is 5.11. The van der Waals surface area contributed by atoms with Crippen molar-refractivity contribution in [2.45, 2.75) is 12.8 Å². The standard InChI is InChI=1S/C20H18Cl2N4O4/c21-14-9-15(22)11-16(10-14)30-12-13-4-7-24(8-5-13)19-18(26(28)29)20(27)25-6-2-1-3-17(25)23-19/h1-3,6,9-11,13H,4-5,7-8,12H2. The Morgan fingerprint density at radius 1 is 1.17 bits per heavy atom. The molecule has 0 radical (unpaired) electrons. The summed E-state index contributed by atoms with van der Waals surface area (Å²) in [7, 11) is 0. The molecule has 1 saturated heterocycles. The Kier molecular flexibility index (Phi) is 5.78. The van der Waals surface area contributed by atoms with Crippen molar-refractivity contribution in [2.75, 3.05) is 24.6 Å². The molecule has 0 amide bonds. The summed E-state index contributed by atoms with van der Waals surface area (Å²) in [4.78, 5) is 29.8. The highest BCUT2D eigenvalue weighted by molar-refractivity contribution is 6.34. The lowest BCUT2D eigenvalue weighted by molar-refractivity contribution is -0.385. The summed E-state index contributed by atoms with van der Waals surface area (Å²) in [6.45, 7) is 1.57. The number of aromatic nitrogens is 2. The van der Waals surface area contributed by atoms with Crippen LogP contribution in [0.15, 0.2) is 47.4 Å². The highest BCUT2D eigenvalue weighted by Crippen LogP contribution is 2.29. The fraction of sp³-hybridized carbons (Fsp3) is 0.300. The van der Waals surface area contributed by atoms with Gasteiger partial charge in [0.1, 0.15) is 11.4 Å². The van der Waals surface area contributed by atoms with Gasteiger partial charge < -0.3 is 9.64 Å². The SMILES string of the molecule is O=c1c([N+](=O)[O-])c(N2CCC(COc3cc(Cl)cc(Cl)c3)CC2)nc2ccccn12. The van der Waals surface area contributed by atoms with E-state index in [0.717, 1.165) is 12.8 Å². The van der Waals surface area contributed by atoms with E-state index in [0.29, 0.717) is 41.1 Å². The van der Waals surface area contributed by atoms with Crippen LogP contribution in [0.1, 0.15) is 12.8 Å². The zero-order valence-electron chi connectivity index (χ0n) is 15.8. The van der Waals surface area contributed by atoms with Gasteiger partial charge in [-0.2, -0.15) is 0 Å². The first-order valence-corrected chi connectivity index (χ1v) is 10.2. The van der Waals surface area contributed by atoms with E-state index in [1.807, 2.05) is 0 Å². The number of ether oxygens (including phenoxy) is 1. The van der Waals surface area contributed by atoms with E-state index in [1.54, 1.807) is 41.3 Å². The Labute approximate surface area is 181 Å². The number of hydrogen-bond donors (Lipinski definition) is 0. The summed E-state index contributed by atoms with van der Waals surface area (Å²) in [6.07, 6.45) is 2.98. The minimum absolute atomic E-state index is 0.122. The molecule has 2 aromatic heterocycles. The molecule has 0 bridgehead atoms. The predicted molar refractivity (Wildman–Crippen MR) is 115 cm³/mol. The van der Waals surface area contributed by atoms with Gasteiger partial charge in [-0.15, -0.1) is 0 Å². The van der Waals surface area contributed by atoms with E-state index in [4.69, 9.17) is 27.9 Å². The second-order valence-electron chi connectivity index (χ2n) is 7.12. The molecule has 1 aromatic carbocycles. The van der Waals surface area contributed by atoms with Gasteiger partial charge in [0, 0.05) is 29.3 Å². The Bertz CT molecular complexity index is 1140. The Balaban J connectivity index is 1.49. The van der Waals surface area contributed by atoms with Gasteiger partial charge in [0.25, 0.3) is 0 Å². The molecule has 0 saturated carbocycles. The van der Waals surface area contributed by atoms with Crippen molar-refractivity contribution in [2.24, 2.45) is 5.92 Å². The van der Waals surface area contributed by atoms with Crippen LogP contribution < -0.4 is 15.2 Å². The molecule has 156 valence electrons. The number of fused-ring (bicyclic) bond motifs is 1. The van der Waals surface area contributed by atoms with Gasteiger partial charge in [0.2, 0.25) is 5.82 Å². The lowest BCUT2D eigenvalue weighted by atomic mass is 9.97. The molecular weight excluding hydrogens is 431 g/mol. The van der Waals surface area contributed by atoms with Crippen molar-refractivity contribution in [1.29, 1.82) is 0 Å². The Morgan fingerprint density at radius 3 is 2.53 bits per heavy atom. The first-order chi connectivity index (χ1) is 14.4. The van der Waals surface area contributed by atoms with Crippen molar-refractivity contribution in [1.82, 2.24) is 9.38 Å². The molecule has 1 aliphatic rings. The Morgan fingerprint density at radius 2 is 1.87 bits per heavy atom. The second-order valence-corrected chi connectivity index (χ2v) is 7.99. The van der Waals surface area contributed by atoms with Gasteiger partial charge >= 0.3 is 11.2 Å². The van der Waals surface area contributed by atoms with Crippen LogP contribution >= 0.6 is 23.2 Å². The van der Waals surface area contributed by atoms with Crippen molar-refractivity contribution < 1.29 is 9.66 Å². The van der Waals surface area contributed by atoms with E-state index in [9.17, 15) is 14.9 Å². The quantitative estimate of drug-likeness (QED) is 0.428. The van der Waals surface area contributed by atoms with Gasteiger partial charge in [0.05, 0.1) is 11.5 Å². The Hall–Kier alpha value is -2.84. The number of halogens is 2. The molecular formula is C20H18Cl2N4O4. The van der Waals surface area contributed by atoms with Gasteiger partial charge in [-0.05, 0) is 49.1 Å². The molecule has 1 fully saturated rings. The molecule has 1 aliphatic heterocycles. The lowest BCUT2D eigenvalue weighted by Crippen LogP contribution is -2.37. The first kappa shape index (κ1) is 20.4. The molecule has 3 heterocycles. The van der Waals surface area contributed by atoms with E-state index in [1.165, 1.54) is 10.6 Å². The predicted octanol–water partition coefficient (Wildman–Crippen LogP) is 4.20. The zero-order valence-corrected chi connectivity index (χ0v) is 17.3. The third-order valence-corrected chi connectivity index (χ3v) is 5.55. The fourth-order valence-corrected chi connectivity index (χ4v) is 4.09. The molecule has 0 atom stereocenters. The molecule has 10 heteroatoms. The largest absolute Gasteiger partial charge is 0.493 e. The number of pyridine rings is 1. The molecule has 0 aliphatic carbocycles. The van der Waals surface area contributed by atoms with Crippen molar-refractivity contribution in [3.05, 3.63) is 73.1 Å². The monoisotopic (exact) mass is 448 g/mol. The van der Waals surface area contributed by atoms with Crippen LogP contribution in [0.2, 0.25) is 10.0 Å². The highest BCUT2D eigenvalue weighted by atomic mass is 35.5. The van der Waals surface area contributed by atoms with E-state index < -0.39 is 16.2 Å². The summed E-state index contributed by atoms with van der Waals surface area (Å²) in [5.74, 6) is 0.992. The van der Waals surface area contributed by atoms with Crippen LogP contribution in [0, 0.1) is 16.0 Å². The average Bonchev–Trinajstić information content (AvgIpc) is 2.71. The minimum atomic E-state index is -0.677. The highest BCUT2D eigenvalue weighted by Gasteiger charge is 2.30. The normalized spacial score (nSPS) is 14.8. The van der Waals surface area contributed by atoms with E-state index in [-0.39, 0.29) is 11.7 Å². The van der Waals surface area contributed by atoms with Crippen molar-refractivity contribution in [3.8, 4) is 5.75 Å². The maximum Gasteiger partial charge on any atom is 0.376 e. The lowest BCUT2D eigenvalue weighted by Gasteiger charge is -2.32. The summed E-state index contributed by atoms with van der Waals surface area (Å²) < 4.78 is 7.02. The average molecular weight is 449 g/mol. The second kappa shape index (κ2) is 8.49. The van der Waals surface area contributed by atoms with E-state index in [2.05, 4.69) is 4.98 Å². The van der Waals surface area contributed by atoms with Crippen LogP contribution in [0.5, 0.6) is 5.75 Å². The number of anilines is 1. The van der Waals surface area contributed by atoms with Crippen molar-refractivity contribution in [3.63, 3.8) is 0 Å². The molecule has 8 nitrogen and oxygen atoms in total. The molecule has 0 unspecified atom stereocenters. The summed E-state index contributed by atoms with van der Waals surface area (Å²) in [5.41, 5.74) is -0.794. The number of piperidine rings is 1. The van der Waals surface area contributed by atoms with Crippen LogP contribution in [0.3, 0.4) is 0 Å². The van der Waals surface area contributed by atoms with Crippen LogP contribution in [-0.2, 0) is 0 Å². The van der Waals surface area contributed by atoms with E-state index >= 15 is 0 Å². The molecule has 4 rings (SSSR count). The number of hydrogen-bond acceptors (Lipinski definition) is 6. The first-order valence-electron chi connectivity index (χ1n) is 9.42. The van der Waals surface area contributed by atoms with Gasteiger partial charge in [0.15, 0.2) is 0 Å². The third kappa shape index (κ3) is 4.20. The summed E-state index contributed by atoms with van der Waals surface area (Å²) in [5, 5.41) is 12.6.